The quantitative estimate of drug-likeness (QED) is 0.278. The number of hydrogen-bond acceptors (Lipinski definition) is 3. The van der Waals surface area contributed by atoms with Crippen molar-refractivity contribution in [3.05, 3.63) is 71.5 Å². The molecule has 0 saturated carbocycles. The molecule has 31 heavy (non-hydrogen) atoms. The second-order valence-corrected chi connectivity index (χ2v) is 8.50. The van der Waals surface area contributed by atoms with Crippen molar-refractivity contribution in [2.75, 3.05) is 4.90 Å². The van der Waals surface area contributed by atoms with E-state index in [1.54, 1.807) is 6.20 Å². The highest BCUT2D eigenvalue weighted by Crippen LogP contribution is 2.28. The molecule has 0 aliphatic heterocycles. The summed E-state index contributed by atoms with van der Waals surface area (Å²) in [7, 11) is 0. The van der Waals surface area contributed by atoms with Crippen LogP contribution in [0.1, 0.15) is 82.0 Å². The maximum absolute atomic E-state index is 4.28. The van der Waals surface area contributed by atoms with Crippen LogP contribution in [-0.2, 0) is 19.4 Å². The number of anilines is 2. The number of unbranched alkanes of at least 4 members (excludes halogenated alkanes) is 6. The van der Waals surface area contributed by atoms with Gasteiger partial charge in [-0.05, 0) is 61.1 Å². The van der Waals surface area contributed by atoms with Crippen molar-refractivity contribution in [3.63, 3.8) is 0 Å². The van der Waals surface area contributed by atoms with E-state index < -0.39 is 0 Å². The predicted octanol–water partition coefficient (Wildman–Crippen LogP) is 7.39. The van der Waals surface area contributed by atoms with Gasteiger partial charge in [0.15, 0.2) is 0 Å². The molecule has 0 unspecified atom stereocenters. The zero-order chi connectivity index (χ0) is 21.7. The Morgan fingerprint density at radius 2 is 1.23 bits per heavy atom. The molecule has 0 aliphatic rings. The Balaban J connectivity index is 1.66. The molecule has 4 nitrogen and oxygen atoms in total. The SMILES string of the molecule is CCCCCCCCc1ccc(N(Cc2cn[nH]n2)c2ccc(CCCC)cc2)cc1. The lowest BCUT2D eigenvalue weighted by Gasteiger charge is -2.24. The Labute approximate surface area is 188 Å². The van der Waals surface area contributed by atoms with Crippen molar-refractivity contribution in [2.45, 2.75) is 84.6 Å². The molecule has 4 heteroatoms. The first-order valence-corrected chi connectivity index (χ1v) is 12.1. The Hall–Kier alpha value is -2.62. The number of nitrogens with zero attached hydrogens (tertiary/aromatic N) is 3. The molecule has 3 rings (SSSR count). The van der Waals surface area contributed by atoms with Crippen LogP contribution in [0.15, 0.2) is 54.7 Å². The molecule has 1 aromatic heterocycles. The number of nitrogens with one attached hydrogen (secondary N) is 1. The van der Waals surface area contributed by atoms with Gasteiger partial charge in [-0.1, -0.05) is 76.6 Å². The van der Waals surface area contributed by atoms with Gasteiger partial charge in [0.1, 0.15) is 5.69 Å². The second-order valence-electron chi connectivity index (χ2n) is 8.50. The van der Waals surface area contributed by atoms with Crippen LogP contribution in [0.3, 0.4) is 0 Å². The second kappa shape index (κ2) is 12.9. The summed E-state index contributed by atoms with van der Waals surface area (Å²) in [6.45, 7) is 5.21. The number of aryl methyl sites for hydroxylation is 2. The van der Waals surface area contributed by atoms with E-state index >= 15 is 0 Å². The molecule has 0 amide bonds. The maximum Gasteiger partial charge on any atom is 0.102 e. The summed E-state index contributed by atoms with van der Waals surface area (Å²) in [6, 6.07) is 18.0. The molecule has 3 aromatic rings. The van der Waals surface area contributed by atoms with E-state index in [2.05, 4.69) is 82.7 Å². The molecule has 1 heterocycles. The molecule has 1 N–H and O–H groups in total. The van der Waals surface area contributed by atoms with Crippen LogP contribution in [0.2, 0.25) is 0 Å². The topological polar surface area (TPSA) is 44.8 Å². The Bertz CT molecular complexity index is 838. The number of H-pyrrole nitrogens is 1. The van der Waals surface area contributed by atoms with Gasteiger partial charge in [-0.3, -0.25) is 0 Å². The van der Waals surface area contributed by atoms with Gasteiger partial charge < -0.3 is 4.90 Å². The zero-order valence-corrected chi connectivity index (χ0v) is 19.3. The lowest BCUT2D eigenvalue weighted by molar-refractivity contribution is 0.607. The third kappa shape index (κ3) is 7.54. The van der Waals surface area contributed by atoms with Crippen molar-refractivity contribution < 1.29 is 0 Å². The number of hydrogen-bond donors (Lipinski definition) is 1. The van der Waals surface area contributed by atoms with Gasteiger partial charge in [-0.25, -0.2) is 0 Å². The van der Waals surface area contributed by atoms with E-state index in [9.17, 15) is 0 Å². The summed E-state index contributed by atoms with van der Waals surface area (Å²) in [4.78, 5) is 2.32. The van der Waals surface area contributed by atoms with Gasteiger partial charge >= 0.3 is 0 Å². The molecule has 0 saturated heterocycles. The number of aromatic amines is 1. The van der Waals surface area contributed by atoms with Gasteiger partial charge in [0.2, 0.25) is 0 Å². The minimum atomic E-state index is 0.696. The molecular formula is C27H38N4. The first-order valence-electron chi connectivity index (χ1n) is 12.1. The summed E-state index contributed by atoms with van der Waals surface area (Å²) in [6.07, 6.45) is 14.6. The van der Waals surface area contributed by atoms with Crippen molar-refractivity contribution in [3.8, 4) is 0 Å². The molecule has 0 spiro atoms. The lowest BCUT2D eigenvalue weighted by Crippen LogP contribution is -2.16. The van der Waals surface area contributed by atoms with Crippen molar-refractivity contribution in [2.24, 2.45) is 0 Å². The summed E-state index contributed by atoms with van der Waals surface area (Å²) in [5.41, 5.74) is 6.14. The minimum Gasteiger partial charge on any atom is -0.335 e. The van der Waals surface area contributed by atoms with Gasteiger partial charge in [-0.15, -0.1) is 0 Å². The van der Waals surface area contributed by atoms with Gasteiger partial charge in [0.25, 0.3) is 0 Å². The van der Waals surface area contributed by atoms with Crippen LogP contribution in [0.5, 0.6) is 0 Å². The molecule has 166 valence electrons. The van der Waals surface area contributed by atoms with Gasteiger partial charge in [0, 0.05) is 11.4 Å². The Morgan fingerprint density at radius 1 is 0.677 bits per heavy atom. The predicted molar refractivity (Wildman–Crippen MR) is 131 cm³/mol. The Kier molecular flexibility index (Phi) is 9.62. The third-order valence-corrected chi connectivity index (χ3v) is 5.92. The fourth-order valence-electron chi connectivity index (χ4n) is 3.97. The van der Waals surface area contributed by atoms with E-state index in [1.807, 2.05) is 0 Å². The minimum absolute atomic E-state index is 0.696. The summed E-state index contributed by atoms with van der Waals surface area (Å²) in [5, 5.41) is 11.0. The van der Waals surface area contributed by atoms with Crippen LogP contribution < -0.4 is 4.90 Å². The normalized spacial score (nSPS) is 11.0. The Morgan fingerprint density at radius 3 is 1.77 bits per heavy atom. The van der Waals surface area contributed by atoms with Crippen molar-refractivity contribution >= 4 is 11.4 Å². The first kappa shape index (κ1) is 23.1. The molecule has 0 bridgehead atoms. The highest BCUT2D eigenvalue weighted by atomic mass is 15.3. The number of rotatable bonds is 14. The van der Waals surface area contributed by atoms with E-state index in [0.29, 0.717) is 6.54 Å². The van der Waals surface area contributed by atoms with Crippen LogP contribution in [0.4, 0.5) is 11.4 Å². The monoisotopic (exact) mass is 418 g/mol. The number of aromatic nitrogens is 3. The number of benzene rings is 2. The van der Waals surface area contributed by atoms with E-state index in [1.165, 1.54) is 80.3 Å². The first-order chi connectivity index (χ1) is 15.3. The fraction of sp³-hybridized carbons (Fsp3) is 0.481. The van der Waals surface area contributed by atoms with E-state index in [0.717, 1.165) is 12.1 Å². The van der Waals surface area contributed by atoms with E-state index in [4.69, 9.17) is 0 Å². The molecule has 0 atom stereocenters. The molecule has 0 aliphatic carbocycles. The maximum atomic E-state index is 4.28. The zero-order valence-electron chi connectivity index (χ0n) is 19.3. The van der Waals surface area contributed by atoms with Crippen LogP contribution in [0, 0.1) is 0 Å². The highest BCUT2D eigenvalue weighted by Gasteiger charge is 2.12. The van der Waals surface area contributed by atoms with Gasteiger partial charge in [-0.2, -0.15) is 15.4 Å². The summed E-state index contributed by atoms with van der Waals surface area (Å²) < 4.78 is 0. The fourth-order valence-corrected chi connectivity index (χ4v) is 3.97. The van der Waals surface area contributed by atoms with Crippen molar-refractivity contribution in [1.82, 2.24) is 15.4 Å². The largest absolute Gasteiger partial charge is 0.335 e. The average molecular weight is 419 g/mol. The average Bonchev–Trinajstić information content (AvgIpc) is 3.33. The van der Waals surface area contributed by atoms with Crippen LogP contribution >= 0.6 is 0 Å². The van der Waals surface area contributed by atoms with Crippen molar-refractivity contribution in [1.29, 1.82) is 0 Å². The van der Waals surface area contributed by atoms with E-state index in [-0.39, 0.29) is 0 Å². The lowest BCUT2D eigenvalue weighted by atomic mass is 10.0. The smallest absolute Gasteiger partial charge is 0.102 e. The van der Waals surface area contributed by atoms with Gasteiger partial charge in [0.05, 0.1) is 12.7 Å². The standard InChI is InChI=1S/C27H38N4/c1-3-5-7-8-9-10-12-24-15-19-27(20-16-24)31(22-25-21-28-30-29-25)26-17-13-23(14-18-26)11-6-4-2/h13-21H,3-12,22H2,1-2H3,(H,28,29,30). The van der Waals surface area contributed by atoms with Crippen LogP contribution in [0.25, 0.3) is 0 Å². The third-order valence-electron chi connectivity index (χ3n) is 5.92. The molecule has 0 radical (unpaired) electrons. The molecular weight excluding hydrogens is 380 g/mol. The summed E-state index contributed by atoms with van der Waals surface area (Å²) in [5.74, 6) is 0. The van der Waals surface area contributed by atoms with Crippen LogP contribution in [-0.4, -0.2) is 15.4 Å². The highest BCUT2D eigenvalue weighted by molar-refractivity contribution is 5.63. The molecule has 2 aromatic carbocycles. The summed E-state index contributed by atoms with van der Waals surface area (Å²) >= 11 is 0. The molecule has 0 fully saturated rings.